The molecule has 0 amide bonds. The first-order chi connectivity index (χ1) is 13.6. The molecule has 9 heteroatoms. The van der Waals surface area contributed by atoms with Crippen LogP contribution in [0, 0.1) is 6.92 Å². The largest absolute Gasteiger partial charge is 0.492 e. The highest BCUT2D eigenvalue weighted by atomic mass is 16.5. The van der Waals surface area contributed by atoms with Gasteiger partial charge in [-0.05, 0) is 27.0 Å². The first kappa shape index (κ1) is 18.9. The average Bonchev–Trinajstić information content (AvgIpc) is 2.70. The van der Waals surface area contributed by atoms with Gasteiger partial charge in [-0.15, -0.1) is 0 Å². The van der Waals surface area contributed by atoms with E-state index in [1.165, 1.54) is 0 Å². The van der Waals surface area contributed by atoms with E-state index in [4.69, 9.17) is 4.74 Å². The molecule has 2 aliphatic rings. The van der Waals surface area contributed by atoms with Crippen LogP contribution in [0.15, 0.2) is 23.2 Å². The van der Waals surface area contributed by atoms with E-state index in [-0.39, 0.29) is 0 Å². The molecule has 1 aromatic heterocycles. The van der Waals surface area contributed by atoms with Gasteiger partial charge in [0.1, 0.15) is 17.9 Å². The lowest BCUT2D eigenvalue weighted by atomic mass is 10.2. The van der Waals surface area contributed by atoms with Crippen LogP contribution in [-0.4, -0.2) is 84.0 Å². The van der Waals surface area contributed by atoms with Gasteiger partial charge in [0.15, 0.2) is 0 Å². The highest BCUT2D eigenvalue weighted by molar-refractivity contribution is 5.94. The SMILES string of the molecule is CCOc1cccc2c(C)nc(NC3=NCN(N4CCN(C)CC4)CN3)nc12. The van der Waals surface area contributed by atoms with Gasteiger partial charge in [-0.3, -0.25) is 5.32 Å². The number of para-hydroxylation sites is 1. The maximum atomic E-state index is 5.73. The van der Waals surface area contributed by atoms with Gasteiger partial charge < -0.3 is 15.0 Å². The monoisotopic (exact) mass is 384 g/mol. The van der Waals surface area contributed by atoms with Crippen molar-refractivity contribution in [2.45, 2.75) is 13.8 Å². The molecule has 0 saturated carbocycles. The van der Waals surface area contributed by atoms with Crippen molar-refractivity contribution in [3.8, 4) is 5.75 Å². The molecule has 1 saturated heterocycles. The number of nitrogens with zero attached hydrogens (tertiary/aromatic N) is 6. The Morgan fingerprint density at radius 2 is 1.96 bits per heavy atom. The molecule has 0 radical (unpaired) electrons. The van der Waals surface area contributed by atoms with Crippen molar-refractivity contribution in [3.05, 3.63) is 23.9 Å². The van der Waals surface area contributed by atoms with Gasteiger partial charge in [0.25, 0.3) is 0 Å². The topological polar surface area (TPSA) is 81.2 Å². The summed E-state index contributed by atoms with van der Waals surface area (Å²) in [5.74, 6) is 1.99. The minimum Gasteiger partial charge on any atom is -0.492 e. The molecule has 2 N–H and O–H groups in total. The lowest BCUT2D eigenvalue weighted by molar-refractivity contribution is -0.0567. The van der Waals surface area contributed by atoms with Crippen molar-refractivity contribution < 1.29 is 4.74 Å². The summed E-state index contributed by atoms with van der Waals surface area (Å²) in [6.07, 6.45) is 0. The third-order valence-corrected chi connectivity index (χ3v) is 5.11. The number of hydrogen-bond acceptors (Lipinski definition) is 9. The highest BCUT2D eigenvalue weighted by Gasteiger charge is 2.23. The van der Waals surface area contributed by atoms with Crippen molar-refractivity contribution in [2.75, 3.05) is 58.5 Å². The standard InChI is InChI=1S/C19H28N8O/c1-4-28-16-7-5-6-15-14(2)22-19(23-17(15)16)24-18-20-12-27(13-21-18)26-10-8-25(3)9-11-26/h5-7H,4,8-13H2,1-3H3,(H2,20,21,22,23,24). The number of fused-ring (bicyclic) bond motifs is 1. The van der Waals surface area contributed by atoms with Crippen LogP contribution in [0.5, 0.6) is 5.75 Å². The summed E-state index contributed by atoms with van der Waals surface area (Å²) in [4.78, 5) is 16.2. The Kier molecular flexibility index (Phi) is 5.56. The molecule has 1 fully saturated rings. The number of piperazine rings is 1. The summed E-state index contributed by atoms with van der Waals surface area (Å²) in [5, 5.41) is 12.1. The molecular weight excluding hydrogens is 356 g/mol. The number of likely N-dealkylation sites (N-methyl/N-ethyl adjacent to an activating group) is 1. The van der Waals surface area contributed by atoms with E-state index in [0.717, 1.165) is 48.5 Å². The molecule has 0 atom stereocenters. The minimum absolute atomic E-state index is 0.524. The van der Waals surface area contributed by atoms with Crippen LogP contribution in [0.25, 0.3) is 10.9 Å². The van der Waals surface area contributed by atoms with Gasteiger partial charge >= 0.3 is 0 Å². The van der Waals surface area contributed by atoms with Crippen LogP contribution in [0.4, 0.5) is 5.95 Å². The highest BCUT2D eigenvalue weighted by Crippen LogP contribution is 2.26. The van der Waals surface area contributed by atoms with E-state index in [9.17, 15) is 0 Å². The Hall–Kier alpha value is -2.49. The maximum Gasteiger partial charge on any atom is 0.230 e. The number of hydrazine groups is 1. The van der Waals surface area contributed by atoms with Crippen LogP contribution in [0.1, 0.15) is 12.6 Å². The molecular formula is C19H28N8O. The first-order valence-electron chi connectivity index (χ1n) is 9.78. The second-order valence-electron chi connectivity index (χ2n) is 7.09. The van der Waals surface area contributed by atoms with Gasteiger partial charge in [-0.25, -0.2) is 25.0 Å². The van der Waals surface area contributed by atoms with Gasteiger partial charge in [0.05, 0.1) is 19.0 Å². The van der Waals surface area contributed by atoms with Crippen molar-refractivity contribution in [1.82, 2.24) is 30.2 Å². The second kappa shape index (κ2) is 8.26. The Balaban J connectivity index is 1.47. The van der Waals surface area contributed by atoms with Crippen molar-refractivity contribution >= 4 is 22.8 Å². The average molecular weight is 384 g/mol. The fourth-order valence-electron chi connectivity index (χ4n) is 3.49. The fraction of sp³-hybridized carbons (Fsp3) is 0.526. The number of rotatable bonds is 4. The zero-order valence-electron chi connectivity index (χ0n) is 16.8. The maximum absolute atomic E-state index is 5.73. The predicted molar refractivity (Wildman–Crippen MR) is 110 cm³/mol. The minimum atomic E-state index is 0.524. The van der Waals surface area contributed by atoms with Gasteiger partial charge in [0, 0.05) is 31.6 Å². The lowest BCUT2D eigenvalue weighted by Gasteiger charge is -2.40. The van der Waals surface area contributed by atoms with Gasteiger partial charge in [0.2, 0.25) is 11.9 Å². The smallest absolute Gasteiger partial charge is 0.230 e. The molecule has 0 unspecified atom stereocenters. The van der Waals surface area contributed by atoms with E-state index in [0.29, 0.717) is 31.9 Å². The van der Waals surface area contributed by atoms with Crippen molar-refractivity contribution in [3.63, 3.8) is 0 Å². The van der Waals surface area contributed by atoms with Crippen molar-refractivity contribution in [1.29, 1.82) is 0 Å². The molecule has 0 spiro atoms. The summed E-state index contributed by atoms with van der Waals surface area (Å²) in [7, 11) is 2.16. The number of hydrogen-bond donors (Lipinski definition) is 2. The molecule has 0 aliphatic carbocycles. The number of aliphatic imine (C=N–C) groups is 1. The number of ether oxygens (including phenoxy) is 1. The first-order valence-corrected chi connectivity index (χ1v) is 9.78. The van der Waals surface area contributed by atoms with Crippen LogP contribution in [-0.2, 0) is 0 Å². The zero-order valence-corrected chi connectivity index (χ0v) is 16.8. The molecule has 3 heterocycles. The van der Waals surface area contributed by atoms with Gasteiger partial charge in [-0.2, -0.15) is 0 Å². The lowest BCUT2D eigenvalue weighted by Crippen LogP contribution is -2.58. The van der Waals surface area contributed by atoms with Crippen molar-refractivity contribution in [2.24, 2.45) is 4.99 Å². The normalized spacial score (nSPS) is 19.3. The number of benzene rings is 1. The van der Waals surface area contributed by atoms with Crippen LogP contribution >= 0.6 is 0 Å². The summed E-state index contributed by atoms with van der Waals surface area (Å²) in [6, 6.07) is 5.92. The molecule has 9 nitrogen and oxygen atoms in total. The van der Waals surface area contributed by atoms with E-state index in [2.05, 4.69) is 47.6 Å². The molecule has 1 aromatic carbocycles. The van der Waals surface area contributed by atoms with Crippen LogP contribution in [0.2, 0.25) is 0 Å². The molecule has 28 heavy (non-hydrogen) atoms. The number of aromatic nitrogens is 2. The molecule has 150 valence electrons. The number of aryl methyl sites for hydroxylation is 1. The van der Waals surface area contributed by atoms with Gasteiger partial charge in [-0.1, -0.05) is 12.1 Å². The Morgan fingerprint density at radius 3 is 2.68 bits per heavy atom. The number of guanidine groups is 1. The van der Waals surface area contributed by atoms with E-state index in [1.807, 2.05) is 32.0 Å². The molecule has 2 aliphatic heterocycles. The third-order valence-electron chi connectivity index (χ3n) is 5.11. The molecule has 4 rings (SSSR count). The number of anilines is 1. The summed E-state index contributed by atoms with van der Waals surface area (Å²) in [6.45, 7) is 10.1. The second-order valence-corrected chi connectivity index (χ2v) is 7.09. The van der Waals surface area contributed by atoms with Crippen LogP contribution < -0.4 is 15.4 Å². The number of nitrogens with one attached hydrogen (secondary N) is 2. The van der Waals surface area contributed by atoms with E-state index >= 15 is 0 Å². The van der Waals surface area contributed by atoms with E-state index < -0.39 is 0 Å². The summed E-state index contributed by atoms with van der Waals surface area (Å²) >= 11 is 0. The predicted octanol–water partition coefficient (Wildman–Crippen LogP) is 1.09. The fourth-order valence-corrected chi connectivity index (χ4v) is 3.49. The molecule has 2 aromatic rings. The molecule has 0 bridgehead atoms. The zero-order chi connectivity index (χ0) is 19.5. The Bertz CT molecular complexity index is 862. The summed E-state index contributed by atoms with van der Waals surface area (Å²) < 4.78 is 5.73. The third kappa shape index (κ3) is 4.01. The van der Waals surface area contributed by atoms with E-state index in [1.54, 1.807) is 0 Å². The quantitative estimate of drug-likeness (QED) is 0.811. The summed E-state index contributed by atoms with van der Waals surface area (Å²) in [5.41, 5.74) is 1.72. The Morgan fingerprint density at radius 1 is 1.14 bits per heavy atom. The Labute approximate surface area is 165 Å². The van der Waals surface area contributed by atoms with Crippen LogP contribution in [0.3, 0.4) is 0 Å².